The SMILES string of the molecule is CC(=O)O.Cc1ccc2c(c1)CN(C1=C(C(=O)OC(C)C)C(=O)C(=Cc3c[nH]c4ncccc34)O1)CC2. The minimum absolute atomic E-state index is 0.0518. The molecule has 2 aromatic heterocycles. The number of rotatable bonds is 4. The van der Waals surface area contributed by atoms with E-state index in [0.29, 0.717) is 18.7 Å². The molecule has 0 radical (unpaired) electrons. The van der Waals surface area contributed by atoms with Gasteiger partial charge in [-0.3, -0.25) is 9.59 Å². The molecule has 2 aliphatic heterocycles. The molecule has 0 unspecified atom stereocenters. The first-order valence-electron chi connectivity index (χ1n) is 12.0. The number of carbonyl (C=O) groups is 3. The van der Waals surface area contributed by atoms with E-state index in [9.17, 15) is 9.59 Å². The van der Waals surface area contributed by atoms with Crippen molar-refractivity contribution in [3.05, 3.63) is 82.2 Å². The summed E-state index contributed by atoms with van der Waals surface area (Å²) in [5.74, 6) is -1.60. The van der Waals surface area contributed by atoms with Crippen molar-refractivity contribution in [3.8, 4) is 0 Å². The number of nitrogens with zero attached hydrogens (tertiary/aromatic N) is 2. The molecular weight excluding hydrogens is 474 g/mol. The Morgan fingerprint density at radius 2 is 2.00 bits per heavy atom. The quantitative estimate of drug-likeness (QED) is 0.310. The van der Waals surface area contributed by atoms with Gasteiger partial charge in [0.1, 0.15) is 5.65 Å². The number of H-pyrrole nitrogens is 1. The van der Waals surface area contributed by atoms with Crippen molar-refractivity contribution >= 4 is 34.8 Å². The highest BCUT2D eigenvalue weighted by Crippen LogP contribution is 2.34. The fraction of sp³-hybridized carbons (Fsp3) is 0.286. The molecule has 1 aromatic carbocycles. The number of aromatic nitrogens is 2. The number of hydrogen-bond acceptors (Lipinski definition) is 7. The van der Waals surface area contributed by atoms with Crippen LogP contribution in [0.1, 0.15) is 43.0 Å². The lowest BCUT2D eigenvalue weighted by Gasteiger charge is -2.31. The van der Waals surface area contributed by atoms with Gasteiger partial charge in [0.25, 0.3) is 5.97 Å². The van der Waals surface area contributed by atoms with Gasteiger partial charge < -0.3 is 24.5 Å². The molecule has 5 rings (SSSR count). The second-order valence-corrected chi connectivity index (χ2v) is 9.18. The molecule has 4 heterocycles. The van der Waals surface area contributed by atoms with Crippen LogP contribution in [0.5, 0.6) is 0 Å². The summed E-state index contributed by atoms with van der Waals surface area (Å²) in [4.78, 5) is 44.6. The van der Waals surface area contributed by atoms with E-state index in [1.807, 2.05) is 17.0 Å². The van der Waals surface area contributed by atoms with Crippen LogP contribution in [0.15, 0.2) is 59.9 Å². The predicted octanol–water partition coefficient (Wildman–Crippen LogP) is 4.12. The van der Waals surface area contributed by atoms with Gasteiger partial charge in [-0.2, -0.15) is 0 Å². The van der Waals surface area contributed by atoms with E-state index >= 15 is 0 Å². The first kappa shape index (κ1) is 25.7. The smallest absolute Gasteiger partial charge is 0.348 e. The lowest BCUT2D eigenvalue weighted by Crippen LogP contribution is -2.32. The Kier molecular flexibility index (Phi) is 7.42. The molecule has 0 amide bonds. The van der Waals surface area contributed by atoms with Crippen molar-refractivity contribution in [2.75, 3.05) is 6.54 Å². The molecule has 9 heteroatoms. The standard InChI is InChI=1S/C26H25N3O4.C2H4O2/c1-15(2)32-26(31)22-23(30)21(12-18-13-28-24-20(18)5-4-9-27-24)33-25(22)29-10-8-17-7-6-16(3)11-19(17)14-29;1-2(3)4/h4-7,9,11-13,15H,8,10,14H2,1-3H3,(H,27,28);1H3,(H,3,4). The Bertz CT molecular complexity index is 1430. The molecule has 0 spiro atoms. The number of pyridine rings is 1. The highest BCUT2D eigenvalue weighted by Gasteiger charge is 2.40. The van der Waals surface area contributed by atoms with Crippen molar-refractivity contribution in [3.63, 3.8) is 0 Å². The molecule has 2 N–H and O–H groups in total. The first-order valence-corrected chi connectivity index (χ1v) is 12.0. The molecule has 37 heavy (non-hydrogen) atoms. The molecule has 0 saturated heterocycles. The van der Waals surface area contributed by atoms with Crippen LogP contribution in [0.3, 0.4) is 0 Å². The third kappa shape index (κ3) is 5.72. The van der Waals surface area contributed by atoms with E-state index in [2.05, 4.69) is 35.1 Å². The van der Waals surface area contributed by atoms with Crippen LogP contribution in [-0.4, -0.2) is 50.3 Å². The van der Waals surface area contributed by atoms with E-state index in [1.165, 1.54) is 16.7 Å². The number of aliphatic carboxylic acids is 1. The number of fused-ring (bicyclic) bond motifs is 2. The Labute approximate surface area is 214 Å². The molecule has 0 fully saturated rings. The third-order valence-corrected chi connectivity index (χ3v) is 5.85. The van der Waals surface area contributed by atoms with Gasteiger partial charge in [-0.05, 0) is 56.5 Å². The minimum Gasteiger partial charge on any atom is -0.481 e. The van der Waals surface area contributed by atoms with Crippen molar-refractivity contribution in [1.82, 2.24) is 14.9 Å². The molecule has 3 aromatic rings. The summed E-state index contributed by atoms with van der Waals surface area (Å²) < 4.78 is 11.5. The number of aromatic amines is 1. The largest absolute Gasteiger partial charge is 0.481 e. The van der Waals surface area contributed by atoms with Gasteiger partial charge in [-0.25, -0.2) is 9.78 Å². The van der Waals surface area contributed by atoms with Crippen molar-refractivity contribution < 1.29 is 29.0 Å². The Morgan fingerprint density at radius 3 is 2.73 bits per heavy atom. The number of allylic oxidation sites excluding steroid dienone is 1. The summed E-state index contributed by atoms with van der Waals surface area (Å²) in [6.45, 7) is 7.85. The minimum atomic E-state index is -0.833. The van der Waals surface area contributed by atoms with E-state index in [-0.39, 0.29) is 23.3 Å². The Morgan fingerprint density at radius 1 is 1.24 bits per heavy atom. The van der Waals surface area contributed by atoms with Crippen LogP contribution in [0.2, 0.25) is 0 Å². The van der Waals surface area contributed by atoms with E-state index in [0.717, 1.165) is 24.3 Å². The van der Waals surface area contributed by atoms with E-state index in [4.69, 9.17) is 19.4 Å². The van der Waals surface area contributed by atoms with Gasteiger partial charge in [0.05, 0.1) is 6.10 Å². The predicted molar refractivity (Wildman–Crippen MR) is 137 cm³/mol. The molecule has 2 aliphatic rings. The van der Waals surface area contributed by atoms with Crippen LogP contribution in [0, 0.1) is 6.92 Å². The number of carbonyl (C=O) groups excluding carboxylic acids is 2. The number of hydrogen-bond donors (Lipinski definition) is 2. The maximum Gasteiger partial charge on any atom is 0.348 e. The number of nitrogens with one attached hydrogen (secondary N) is 1. The number of Topliss-reactive ketones (excluding diaryl/α,β-unsaturated/α-hetero) is 1. The van der Waals surface area contributed by atoms with E-state index < -0.39 is 17.7 Å². The molecule has 192 valence electrons. The van der Waals surface area contributed by atoms with Gasteiger partial charge in [0.2, 0.25) is 11.7 Å². The lowest BCUT2D eigenvalue weighted by molar-refractivity contribution is -0.143. The zero-order chi connectivity index (χ0) is 26.7. The second-order valence-electron chi connectivity index (χ2n) is 9.18. The number of carboxylic acids is 1. The highest BCUT2D eigenvalue weighted by molar-refractivity contribution is 6.26. The monoisotopic (exact) mass is 503 g/mol. The maximum atomic E-state index is 13.3. The summed E-state index contributed by atoms with van der Waals surface area (Å²) in [5.41, 5.74) is 5.03. The third-order valence-electron chi connectivity index (χ3n) is 5.85. The van der Waals surface area contributed by atoms with Gasteiger partial charge in [0, 0.05) is 43.4 Å². The Hall–Kier alpha value is -4.40. The zero-order valence-corrected chi connectivity index (χ0v) is 21.2. The van der Waals surface area contributed by atoms with Gasteiger partial charge >= 0.3 is 5.97 Å². The molecular formula is C28H29N3O6. The van der Waals surface area contributed by atoms with Crippen molar-refractivity contribution in [1.29, 1.82) is 0 Å². The zero-order valence-electron chi connectivity index (χ0n) is 21.2. The highest BCUT2D eigenvalue weighted by atomic mass is 16.6. The Balaban J connectivity index is 0.000000747. The number of aryl methyl sites for hydroxylation is 1. The number of ether oxygens (including phenoxy) is 2. The summed E-state index contributed by atoms with van der Waals surface area (Å²) in [5, 5.41) is 8.28. The van der Waals surface area contributed by atoms with Crippen LogP contribution in [0.25, 0.3) is 17.1 Å². The fourth-order valence-corrected chi connectivity index (χ4v) is 4.29. The molecule has 0 bridgehead atoms. The number of ketones is 1. The molecule has 0 atom stereocenters. The summed E-state index contributed by atoms with van der Waals surface area (Å²) in [7, 11) is 0. The van der Waals surface area contributed by atoms with Gasteiger partial charge in [0.15, 0.2) is 11.3 Å². The summed E-state index contributed by atoms with van der Waals surface area (Å²) >= 11 is 0. The average Bonchev–Trinajstić information content (AvgIpc) is 3.39. The molecule has 9 nitrogen and oxygen atoms in total. The number of carboxylic acid groups (broad SMARTS) is 1. The second kappa shape index (κ2) is 10.7. The van der Waals surface area contributed by atoms with Crippen molar-refractivity contribution in [2.24, 2.45) is 0 Å². The maximum absolute atomic E-state index is 13.3. The normalized spacial score (nSPS) is 16.0. The van der Waals surface area contributed by atoms with Crippen LogP contribution >= 0.6 is 0 Å². The van der Waals surface area contributed by atoms with Gasteiger partial charge in [-0.1, -0.05) is 23.8 Å². The lowest BCUT2D eigenvalue weighted by atomic mass is 9.97. The first-order chi connectivity index (χ1) is 17.6. The van der Waals surface area contributed by atoms with Crippen LogP contribution < -0.4 is 0 Å². The number of benzene rings is 1. The van der Waals surface area contributed by atoms with Crippen molar-refractivity contribution in [2.45, 2.75) is 46.8 Å². The topological polar surface area (TPSA) is 122 Å². The summed E-state index contributed by atoms with van der Waals surface area (Å²) in [6, 6.07) is 10.1. The molecule has 0 aliphatic carbocycles. The number of esters is 1. The summed E-state index contributed by atoms with van der Waals surface area (Å²) in [6.07, 6.45) is 5.57. The van der Waals surface area contributed by atoms with Crippen LogP contribution in [0.4, 0.5) is 0 Å². The average molecular weight is 504 g/mol. The van der Waals surface area contributed by atoms with Crippen LogP contribution in [-0.2, 0) is 36.8 Å². The van der Waals surface area contributed by atoms with E-state index in [1.54, 1.807) is 32.3 Å². The van der Waals surface area contributed by atoms with Gasteiger partial charge in [-0.15, -0.1) is 0 Å². The fourth-order valence-electron chi connectivity index (χ4n) is 4.29. The molecule has 0 saturated carbocycles.